The zero-order valence-corrected chi connectivity index (χ0v) is 7.74. The molecule has 2 aliphatic carbocycles. The van der Waals surface area contributed by atoms with Crippen molar-refractivity contribution in [2.45, 2.75) is 19.3 Å². The third kappa shape index (κ3) is 1.92. The molecule has 2 bridgehead atoms. The number of nitrogens with two attached hydrogens (primary N) is 1. The summed E-state index contributed by atoms with van der Waals surface area (Å²) < 4.78 is 0. The molecule has 0 amide bonds. The van der Waals surface area contributed by atoms with Crippen LogP contribution in [-0.4, -0.2) is 0 Å². The summed E-state index contributed by atoms with van der Waals surface area (Å²) in [5.41, 5.74) is 8.39. The maximum absolute atomic E-state index is 5.96. The van der Waals surface area contributed by atoms with Gasteiger partial charge in [-0.3, -0.25) is 0 Å². The first-order valence-electron chi connectivity index (χ1n) is 4.87. The van der Waals surface area contributed by atoms with Crippen LogP contribution in [0.3, 0.4) is 0 Å². The summed E-state index contributed by atoms with van der Waals surface area (Å²) in [5, 5.41) is 0. The molecule has 1 heteroatoms. The quantitative estimate of drug-likeness (QED) is 0.599. The van der Waals surface area contributed by atoms with Gasteiger partial charge in [0.05, 0.1) is 0 Å². The SMILES string of the molecule is N/C1=C/C=C\C=C/C2=C[C@H]1CCC2. The average Bonchev–Trinajstić information content (AvgIpc) is 2.21. The number of hydrogen-bond donors (Lipinski definition) is 1. The van der Waals surface area contributed by atoms with Gasteiger partial charge < -0.3 is 5.73 Å². The van der Waals surface area contributed by atoms with Crippen molar-refractivity contribution >= 4 is 0 Å². The molecule has 1 atom stereocenters. The molecule has 2 N–H and O–H groups in total. The molecule has 1 nitrogen and oxygen atoms in total. The summed E-state index contributed by atoms with van der Waals surface area (Å²) in [5.74, 6) is 0.469. The molecule has 2 rings (SSSR count). The molecule has 0 radical (unpaired) electrons. The van der Waals surface area contributed by atoms with Crippen molar-refractivity contribution in [2.75, 3.05) is 0 Å². The van der Waals surface area contributed by atoms with Crippen molar-refractivity contribution in [3.8, 4) is 0 Å². The zero-order chi connectivity index (χ0) is 9.10. The van der Waals surface area contributed by atoms with Gasteiger partial charge in [0.15, 0.2) is 0 Å². The molecule has 0 spiro atoms. The van der Waals surface area contributed by atoms with E-state index >= 15 is 0 Å². The molecule has 0 aromatic carbocycles. The molecule has 0 saturated heterocycles. The summed E-state index contributed by atoms with van der Waals surface area (Å²) in [7, 11) is 0. The predicted molar refractivity (Wildman–Crippen MR) is 56.0 cm³/mol. The molecular weight excluding hydrogens is 158 g/mol. The standard InChI is InChI=1S/C12H15N/c13-12-8-3-1-2-5-10-6-4-7-11(12)9-10/h1-3,5,8-9,11H,4,6-7,13H2/b3-1-,5-2-,12-8+/t11-/m1/s1. The Bertz CT molecular complexity index is 305. The topological polar surface area (TPSA) is 26.0 Å². The van der Waals surface area contributed by atoms with Crippen LogP contribution >= 0.6 is 0 Å². The van der Waals surface area contributed by atoms with E-state index in [4.69, 9.17) is 5.73 Å². The second-order valence-corrected chi connectivity index (χ2v) is 3.65. The van der Waals surface area contributed by atoms with Crippen LogP contribution in [0, 0.1) is 5.92 Å². The third-order valence-corrected chi connectivity index (χ3v) is 2.65. The largest absolute Gasteiger partial charge is 0.402 e. The van der Waals surface area contributed by atoms with Crippen LogP contribution in [0.15, 0.2) is 47.7 Å². The fraction of sp³-hybridized carbons (Fsp3) is 0.333. The Kier molecular flexibility index (Phi) is 2.35. The second kappa shape index (κ2) is 3.65. The van der Waals surface area contributed by atoms with Crippen LogP contribution in [0.2, 0.25) is 0 Å². The van der Waals surface area contributed by atoms with Gasteiger partial charge in [-0.05, 0) is 25.3 Å². The van der Waals surface area contributed by atoms with Crippen molar-refractivity contribution in [3.05, 3.63) is 47.7 Å². The fourth-order valence-electron chi connectivity index (χ4n) is 1.89. The van der Waals surface area contributed by atoms with Gasteiger partial charge in [-0.1, -0.05) is 36.0 Å². The van der Waals surface area contributed by atoms with Crippen LogP contribution in [0.25, 0.3) is 0 Å². The lowest BCUT2D eigenvalue weighted by molar-refractivity contribution is 0.589. The number of rotatable bonds is 0. The molecule has 0 aromatic rings. The van der Waals surface area contributed by atoms with Gasteiger partial charge in [0.2, 0.25) is 0 Å². The zero-order valence-electron chi connectivity index (χ0n) is 7.74. The molecule has 0 heterocycles. The van der Waals surface area contributed by atoms with E-state index in [0.29, 0.717) is 5.92 Å². The smallest absolute Gasteiger partial charge is 0.0170 e. The van der Waals surface area contributed by atoms with Crippen LogP contribution in [-0.2, 0) is 0 Å². The van der Waals surface area contributed by atoms with Crippen molar-refractivity contribution in [2.24, 2.45) is 11.7 Å². The summed E-state index contributed by atoms with van der Waals surface area (Å²) in [6, 6.07) is 0. The van der Waals surface area contributed by atoms with Crippen LogP contribution in [0.5, 0.6) is 0 Å². The van der Waals surface area contributed by atoms with Gasteiger partial charge in [0.1, 0.15) is 0 Å². The average molecular weight is 173 g/mol. The van der Waals surface area contributed by atoms with E-state index in [0.717, 1.165) is 5.70 Å². The predicted octanol–water partition coefficient (Wildman–Crippen LogP) is 2.68. The first kappa shape index (κ1) is 8.36. The highest BCUT2D eigenvalue weighted by atomic mass is 14.6. The van der Waals surface area contributed by atoms with Gasteiger partial charge in [-0.15, -0.1) is 0 Å². The van der Waals surface area contributed by atoms with E-state index in [1.54, 1.807) is 0 Å². The first-order valence-corrected chi connectivity index (χ1v) is 4.87. The van der Waals surface area contributed by atoms with Crippen LogP contribution in [0.4, 0.5) is 0 Å². The van der Waals surface area contributed by atoms with Crippen LogP contribution < -0.4 is 5.73 Å². The molecule has 0 fully saturated rings. The maximum atomic E-state index is 5.96. The molecule has 2 aliphatic rings. The Labute approximate surface area is 79.3 Å². The minimum absolute atomic E-state index is 0.469. The van der Waals surface area contributed by atoms with Crippen LogP contribution in [0.1, 0.15) is 19.3 Å². The number of allylic oxidation sites excluding steroid dienone is 7. The van der Waals surface area contributed by atoms with E-state index in [-0.39, 0.29) is 0 Å². The lowest BCUT2D eigenvalue weighted by Gasteiger charge is -2.19. The van der Waals surface area contributed by atoms with E-state index in [1.165, 1.54) is 24.8 Å². The highest BCUT2D eigenvalue weighted by Crippen LogP contribution is 2.27. The summed E-state index contributed by atoms with van der Waals surface area (Å²) in [4.78, 5) is 0. The Balaban J connectivity index is 2.34. The molecule has 0 aliphatic heterocycles. The fourth-order valence-corrected chi connectivity index (χ4v) is 1.89. The minimum atomic E-state index is 0.469. The molecule has 13 heavy (non-hydrogen) atoms. The number of fused-ring (bicyclic) bond motifs is 1. The van der Waals surface area contributed by atoms with Crippen molar-refractivity contribution in [1.29, 1.82) is 0 Å². The highest BCUT2D eigenvalue weighted by molar-refractivity contribution is 5.31. The van der Waals surface area contributed by atoms with Gasteiger partial charge >= 0.3 is 0 Å². The van der Waals surface area contributed by atoms with Gasteiger partial charge in [0, 0.05) is 11.6 Å². The van der Waals surface area contributed by atoms with Crippen molar-refractivity contribution in [3.63, 3.8) is 0 Å². The second-order valence-electron chi connectivity index (χ2n) is 3.65. The summed E-state index contributed by atoms with van der Waals surface area (Å²) in [6.45, 7) is 0. The van der Waals surface area contributed by atoms with E-state index < -0.39 is 0 Å². The van der Waals surface area contributed by atoms with Gasteiger partial charge in [-0.2, -0.15) is 0 Å². The highest BCUT2D eigenvalue weighted by Gasteiger charge is 2.14. The minimum Gasteiger partial charge on any atom is -0.402 e. The molecule has 0 aromatic heterocycles. The lowest BCUT2D eigenvalue weighted by atomic mass is 9.88. The van der Waals surface area contributed by atoms with Gasteiger partial charge in [-0.25, -0.2) is 0 Å². The Morgan fingerprint density at radius 3 is 3.08 bits per heavy atom. The summed E-state index contributed by atoms with van der Waals surface area (Å²) >= 11 is 0. The molecule has 0 saturated carbocycles. The Morgan fingerprint density at radius 1 is 1.23 bits per heavy atom. The van der Waals surface area contributed by atoms with Gasteiger partial charge in [0.25, 0.3) is 0 Å². The lowest BCUT2D eigenvalue weighted by Crippen LogP contribution is -2.12. The molecule has 68 valence electrons. The van der Waals surface area contributed by atoms with Crippen molar-refractivity contribution in [1.82, 2.24) is 0 Å². The molecule has 0 unspecified atom stereocenters. The molecular formula is C12H15N. The van der Waals surface area contributed by atoms with E-state index in [2.05, 4.69) is 18.2 Å². The first-order chi connectivity index (χ1) is 6.36. The van der Waals surface area contributed by atoms with Crippen molar-refractivity contribution < 1.29 is 0 Å². The Hall–Kier alpha value is -1.24. The van der Waals surface area contributed by atoms with E-state index in [9.17, 15) is 0 Å². The van der Waals surface area contributed by atoms with E-state index in [1.807, 2.05) is 18.2 Å². The number of hydrogen-bond acceptors (Lipinski definition) is 1. The maximum Gasteiger partial charge on any atom is 0.0170 e. The normalized spacial score (nSPS) is 35.8. The monoisotopic (exact) mass is 173 g/mol. The Morgan fingerprint density at radius 2 is 2.15 bits per heavy atom. The summed E-state index contributed by atoms with van der Waals surface area (Å²) in [6.07, 6.45) is 16.3. The third-order valence-electron chi connectivity index (χ3n) is 2.65.